The van der Waals surface area contributed by atoms with Crippen molar-refractivity contribution in [3.05, 3.63) is 18.2 Å². The zero-order valence-electron chi connectivity index (χ0n) is 8.94. The number of rotatable bonds is 2. The molecular formula is C11H17N3O. The van der Waals surface area contributed by atoms with Gasteiger partial charge in [-0.05, 0) is 24.6 Å². The second-order valence-corrected chi connectivity index (χ2v) is 3.91. The van der Waals surface area contributed by atoms with Gasteiger partial charge in [0.2, 0.25) is 0 Å². The van der Waals surface area contributed by atoms with Crippen LogP contribution in [0, 0.1) is 0 Å². The molecule has 0 bridgehead atoms. The van der Waals surface area contributed by atoms with Crippen molar-refractivity contribution in [2.24, 2.45) is 0 Å². The first-order chi connectivity index (χ1) is 7.20. The maximum Gasteiger partial charge on any atom is 0.0762 e. The van der Waals surface area contributed by atoms with E-state index in [1.165, 1.54) is 0 Å². The van der Waals surface area contributed by atoms with Crippen molar-refractivity contribution in [2.45, 2.75) is 12.5 Å². The lowest BCUT2D eigenvalue weighted by molar-refractivity contribution is 0.121. The molecule has 2 rings (SSSR count). The summed E-state index contributed by atoms with van der Waals surface area (Å²) >= 11 is 0. The minimum absolute atomic E-state index is 0.337. The number of nitrogens with two attached hydrogens (primary N) is 2. The van der Waals surface area contributed by atoms with Crippen molar-refractivity contribution < 1.29 is 4.74 Å². The minimum atomic E-state index is 0.337. The molecule has 1 aromatic carbocycles. The Morgan fingerprint density at radius 2 is 2.13 bits per heavy atom. The maximum absolute atomic E-state index is 5.77. The lowest BCUT2D eigenvalue weighted by Crippen LogP contribution is -2.22. The molecule has 0 aromatic heterocycles. The fraction of sp³-hybridized carbons (Fsp3) is 0.455. The number of ether oxygens (including phenoxy) is 1. The van der Waals surface area contributed by atoms with Gasteiger partial charge in [0.1, 0.15) is 0 Å². The number of nitrogen functional groups attached to an aromatic ring is 2. The average Bonchev–Trinajstić information content (AvgIpc) is 2.70. The summed E-state index contributed by atoms with van der Waals surface area (Å²) in [6, 6.07) is 5.78. The Labute approximate surface area is 89.8 Å². The number of hydrogen-bond acceptors (Lipinski definition) is 4. The average molecular weight is 207 g/mol. The summed E-state index contributed by atoms with van der Waals surface area (Å²) in [6.07, 6.45) is 1.41. The van der Waals surface area contributed by atoms with Crippen LogP contribution in [0.2, 0.25) is 0 Å². The Morgan fingerprint density at radius 3 is 2.73 bits per heavy atom. The highest BCUT2D eigenvalue weighted by Gasteiger charge is 2.22. The Balaban J connectivity index is 2.13. The molecule has 0 spiro atoms. The highest BCUT2D eigenvalue weighted by atomic mass is 16.5. The maximum atomic E-state index is 5.77. The van der Waals surface area contributed by atoms with E-state index in [1.807, 2.05) is 18.2 Å². The summed E-state index contributed by atoms with van der Waals surface area (Å²) in [5, 5.41) is 0. The molecule has 4 N–H and O–H groups in total. The molecule has 4 heteroatoms. The molecule has 4 nitrogen and oxygen atoms in total. The van der Waals surface area contributed by atoms with Crippen LogP contribution in [0.3, 0.4) is 0 Å². The highest BCUT2D eigenvalue weighted by molar-refractivity contribution is 5.70. The summed E-state index contributed by atoms with van der Waals surface area (Å²) in [7, 11) is 1.76. The third kappa shape index (κ3) is 1.99. The second kappa shape index (κ2) is 3.98. The number of methoxy groups -OCH3 is 1. The van der Waals surface area contributed by atoms with Gasteiger partial charge in [-0.1, -0.05) is 0 Å². The molecule has 0 aliphatic carbocycles. The van der Waals surface area contributed by atoms with Crippen LogP contribution >= 0.6 is 0 Å². The normalized spacial score (nSPS) is 20.9. The molecule has 15 heavy (non-hydrogen) atoms. The van der Waals surface area contributed by atoms with Gasteiger partial charge in [0.15, 0.2) is 0 Å². The van der Waals surface area contributed by atoms with Crippen LogP contribution in [-0.2, 0) is 4.74 Å². The first-order valence-electron chi connectivity index (χ1n) is 5.13. The van der Waals surface area contributed by atoms with E-state index in [2.05, 4.69) is 4.90 Å². The van der Waals surface area contributed by atoms with E-state index in [4.69, 9.17) is 16.2 Å². The quantitative estimate of drug-likeness (QED) is 0.712. The van der Waals surface area contributed by atoms with Crippen molar-refractivity contribution in [1.29, 1.82) is 0 Å². The lowest BCUT2D eigenvalue weighted by atomic mass is 10.2. The first kappa shape index (κ1) is 10.1. The van der Waals surface area contributed by atoms with Crippen molar-refractivity contribution >= 4 is 17.1 Å². The largest absolute Gasteiger partial charge is 0.397 e. The van der Waals surface area contributed by atoms with E-state index in [-0.39, 0.29) is 0 Å². The Bertz CT molecular complexity index is 354. The lowest BCUT2D eigenvalue weighted by Gasteiger charge is -2.19. The van der Waals surface area contributed by atoms with Gasteiger partial charge in [-0.3, -0.25) is 0 Å². The van der Waals surface area contributed by atoms with Gasteiger partial charge in [0.05, 0.1) is 17.5 Å². The second-order valence-electron chi connectivity index (χ2n) is 3.91. The summed E-state index contributed by atoms with van der Waals surface area (Å²) < 4.78 is 5.32. The topological polar surface area (TPSA) is 64.5 Å². The van der Waals surface area contributed by atoms with Gasteiger partial charge in [0, 0.05) is 25.9 Å². The van der Waals surface area contributed by atoms with Gasteiger partial charge in [-0.2, -0.15) is 0 Å². The van der Waals surface area contributed by atoms with Gasteiger partial charge >= 0.3 is 0 Å². The van der Waals surface area contributed by atoms with E-state index in [1.54, 1.807) is 7.11 Å². The third-order valence-corrected chi connectivity index (χ3v) is 2.91. The van der Waals surface area contributed by atoms with E-state index in [9.17, 15) is 0 Å². The van der Waals surface area contributed by atoms with Crippen LogP contribution in [0.1, 0.15) is 6.42 Å². The number of benzene rings is 1. The predicted molar refractivity (Wildman–Crippen MR) is 62.9 cm³/mol. The molecule has 1 atom stereocenters. The molecule has 0 amide bonds. The summed E-state index contributed by atoms with van der Waals surface area (Å²) in [6.45, 7) is 1.95. The Morgan fingerprint density at radius 1 is 1.33 bits per heavy atom. The minimum Gasteiger partial charge on any atom is -0.397 e. The fourth-order valence-corrected chi connectivity index (χ4v) is 1.91. The Hall–Kier alpha value is -1.42. The van der Waals surface area contributed by atoms with Gasteiger partial charge in [-0.15, -0.1) is 0 Å². The van der Waals surface area contributed by atoms with Gasteiger partial charge < -0.3 is 21.1 Å². The summed E-state index contributed by atoms with van der Waals surface area (Å²) in [5.74, 6) is 0. The smallest absolute Gasteiger partial charge is 0.0762 e. The van der Waals surface area contributed by atoms with Gasteiger partial charge in [0.25, 0.3) is 0 Å². The molecule has 1 saturated heterocycles. The first-order valence-corrected chi connectivity index (χ1v) is 5.13. The van der Waals surface area contributed by atoms with E-state index >= 15 is 0 Å². The molecule has 0 radical (unpaired) electrons. The molecule has 1 heterocycles. The number of nitrogens with zero attached hydrogens (tertiary/aromatic N) is 1. The molecule has 1 aromatic rings. The monoisotopic (exact) mass is 207 g/mol. The molecule has 1 unspecified atom stereocenters. The van der Waals surface area contributed by atoms with Crippen molar-refractivity contribution in [3.63, 3.8) is 0 Å². The number of anilines is 3. The summed E-state index contributed by atoms with van der Waals surface area (Å²) in [5.41, 5.74) is 13.9. The highest BCUT2D eigenvalue weighted by Crippen LogP contribution is 2.26. The van der Waals surface area contributed by atoms with Crippen LogP contribution in [0.25, 0.3) is 0 Å². The van der Waals surface area contributed by atoms with Crippen LogP contribution in [0.5, 0.6) is 0 Å². The van der Waals surface area contributed by atoms with E-state index < -0.39 is 0 Å². The van der Waals surface area contributed by atoms with Crippen LogP contribution in [-0.4, -0.2) is 26.3 Å². The van der Waals surface area contributed by atoms with E-state index in [0.717, 1.165) is 25.2 Å². The zero-order chi connectivity index (χ0) is 10.8. The SMILES string of the molecule is COC1CCN(c2ccc(N)c(N)c2)C1. The van der Waals surface area contributed by atoms with Crippen molar-refractivity contribution in [2.75, 3.05) is 36.6 Å². The van der Waals surface area contributed by atoms with Gasteiger partial charge in [-0.25, -0.2) is 0 Å². The molecule has 1 aliphatic rings. The molecular weight excluding hydrogens is 190 g/mol. The molecule has 82 valence electrons. The summed E-state index contributed by atoms with van der Waals surface area (Å²) in [4.78, 5) is 2.27. The molecule has 1 aliphatic heterocycles. The Kier molecular flexibility index (Phi) is 2.68. The predicted octanol–water partition coefficient (Wildman–Crippen LogP) is 1.08. The zero-order valence-corrected chi connectivity index (χ0v) is 8.94. The molecule has 1 fully saturated rings. The third-order valence-electron chi connectivity index (χ3n) is 2.91. The van der Waals surface area contributed by atoms with Crippen molar-refractivity contribution in [1.82, 2.24) is 0 Å². The van der Waals surface area contributed by atoms with Crippen molar-refractivity contribution in [3.8, 4) is 0 Å². The molecule has 0 saturated carbocycles. The number of hydrogen-bond donors (Lipinski definition) is 2. The van der Waals surface area contributed by atoms with E-state index in [0.29, 0.717) is 17.5 Å². The standard InChI is InChI=1S/C11H17N3O/c1-15-9-4-5-14(7-9)8-2-3-10(12)11(13)6-8/h2-3,6,9H,4-5,7,12-13H2,1H3. The fourth-order valence-electron chi connectivity index (χ4n) is 1.91. The van der Waals surface area contributed by atoms with Crippen LogP contribution in [0.15, 0.2) is 18.2 Å². The van der Waals surface area contributed by atoms with Crippen LogP contribution in [0.4, 0.5) is 17.1 Å². The van der Waals surface area contributed by atoms with Crippen LogP contribution < -0.4 is 16.4 Å².